The smallest absolute Gasteiger partial charge is 0.235 e. The van der Waals surface area contributed by atoms with Crippen molar-refractivity contribution in [2.75, 3.05) is 0 Å². The van der Waals surface area contributed by atoms with E-state index in [0.717, 1.165) is 11.3 Å². The van der Waals surface area contributed by atoms with Crippen LogP contribution >= 0.6 is 0 Å². The van der Waals surface area contributed by atoms with Gasteiger partial charge in [-0.05, 0) is 24.0 Å². The molecule has 17 heavy (non-hydrogen) atoms. The largest absolute Gasteiger partial charge is 0.296 e. The Morgan fingerprint density at radius 3 is 2.71 bits per heavy atom. The van der Waals surface area contributed by atoms with Crippen molar-refractivity contribution in [3.63, 3.8) is 0 Å². The maximum atomic E-state index is 11.7. The third kappa shape index (κ3) is 2.52. The van der Waals surface area contributed by atoms with Crippen LogP contribution in [0.15, 0.2) is 18.3 Å². The van der Waals surface area contributed by atoms with Gasteiger partial charge in [0.05, 0.1) is 11.6 Å². The van der Waals surface area contributed by atoms with Crippen LogP contribution in [0.5, 0.6) is 0 Å². The Morgan fingerprint density at radius 1 is 1.41 bits per heavy atom. The van der Waals surface area contributed by atoms with Gasteiger partial charge in [-0.15, -0.1) is 0 Å². The lowest BCUT2D eigenvalue weighted by atomic mass is 9.93. The van der Waals surface area contributed by atoms with Crippen LogP contribution in [0.4, 0.5) is 0 Å². The summed E-state index contributed by atoms with van der Waals surface area (Å²) in [5, 5.41) is 2.35. The fourth-order valence-corrected chi connectivity index (χ4v) is 1.94. The van der Waals surface area contributed by atoms with Crippen molar-refractivity contribution in [2.24, 2.45) is 0 Å². The molecule has 1 saturated heterocycles. The molecule has 0 unspecified atom stereocenters. The number of amides is 2. The Bertz CT molecular complexity index is 443. The number of nitrogens with zero attached hydrogens (tertiary/aromatic N) is 1. The fraction of sp³-hybridized carbons (Fsp3) is 0.462. The lowest BCUT2D eigenvalue weighted by molar-refractivity contribution is -0.134. The molecule has 0 spiro atoms. The molecular weight excluding hydrogens is 216 g/mol. The van der Waals surface area contributed by atoms with E-state index >= 15 is 0 Å². The van der Waals surface area contributed by atoms with E-state index in [0.29, 0.717) is 18.8 Å². The maximum absolute atomic E-state index is 11.7. The van der Waals surface area contributed by atoms with Crippen molar-refractivity contribution in [3.05, 3.63) is 29.6 Å². The van der Waals surface area contributed by atoms with Crippen molar-refractivity contribution in [2.45, 2.75) is 38.5 Å². The van der Waals surface area contributed by atoms with E-state index in [1.54, 1.807) is 0 Å². The Hall–Kier alpha value is -1.71. The number of pyridine rings is 1. The molecule has 0 bridgehead atoms. The van der Waals surface area contributed by atoms with E-state index in [9.17, 15) is 9.59 Å². The van der Waals surface area contributed by atoms with E-state index in [1.165, 1.54) is 0 Å². The second kappa shape index (κ2) is 4.65. The molecule has 4 nitrogen and oxygen atoms in total. The minimum Gasteiger partial charge on any atom is -0.296 e. The molecular formula is C13H18N2O2. The Morgan fingerprint density at radius 2 is 2.18 bits per heavy atom. The summed E-state index contributed by atoms with van der Waals surface area (Å²) in [7, 11) is 0. The molecule has 1 atom stereocenters. The van der Waals surface area contributed by atoms with Crippen LogP contribution in [-0.4, -0.2) is 16.8 Å². The summed E-state index contributed by atoms with van der Waals surface area (Å²) in [5.41, 5.74) is 1.90. The fourth-order valence-electron chi connectivity index (χ4n) is 1.94. The first-order valence-corrected chi connectivity index (χ1v) is 5.87. The van der Waals surface area contributed by atoms with Gasteiger partial charge in [-0.3, -0.25) is 19.9 Å². The number of piperidine rings is 1. The standard InChI is InChI=1S/C13H16N2O2.H2/c1-8(2)9-3-5-11(14-7-9)10-4-6-12(16)15-13(10)17;/h3,5,7-8,10H,4,6H2,1-2H3,(H,15,16,17);1H/t10-;/m1./s1. The third-order valence-electron chi connectivity index (χ3n) is 3.07. The van der Waals surface area contributed by atoms with E-state index in [-0.39, 0.29) is 19.2 Å². The molecule has 1 aromatic heterocycles. The highest BCUT2D eigenvalue weighted by atomic mass is 16.2. The van der Waals surface area contributed by atoms with Crippen LogP contribution in [0.3, 0.4) is 0 Å². The van der Waals surface area contributed by atoms with E-state index in [2.05, 4.69) is 24.1 Å². The van der Waals surface area contributed by atoms with Crippen LogP contribution in [0.2, 0.25) is 0 Å². The van der Waals surface area contributed by atoms with Gasteiger partial charge in [-0.25, -0.2) is 0 Å². The Balaban J connectivity index is 0.00000162. The van der Waals surface area contributed by atoms with Gasteiger partial charge in [0.25, 0.3) is 0 Å². The van der Waals surface area contributed by atoms with Gasteiger partial charge in [0, 0.05) is 14.0 Å². The van der Waals surface area contributed by atoms with E-state index in [4.69, 9.17) is 0 Å². The van der Waals surface area contributed by atoms with Crippen molar-refractivity contribution >= 4 is 11.8 Å². The third-order valence-corrected chi connectivity index (χ3v) is 3.07. The highest BCUT2D eigenvalue weighted by molar-refractivity contribution is 6.00. The van der Waals surface area contributed by atoms with E-state index in [1.807, 2.05) is 18.3 Å². The first-order chi connectivity index (χ1) is 8.08. The lowest BCUT2D eigenvalue weighted by Gasteiger charge is -2.20. The number of nitrogens with one attached hydrogen (secondary N) is 1. The van der Waals surface area contributed by atoms with Gasteiger partial charge in [0.1, 0.15) is 0 Å². The molecule has 1 fully saturated rings. The molecule has 2 amide bonds. The number of aromatic nitrogens is 1. The molecule has 1 N–H and O–H groups in total. The second-order valence-corrected chi connectivity index (χ2v) is 4.67. The molecule has 2 heterocycles. The number of imide groups is 1. The molecule has 0 radical (unpaired) electrons. The summed E-state index contributed by atoms with van der Waals surface area (Å²) < 4.78 is 0. The highest BCUT2D eigenvalue weighted by Crippen LogP contribution is 2.24. The molecule has 0 aromatic carbocycles. The van der Waals surface area contributed by atoms with Crippen molar-refractivity contribution in [1.82, 2.24) is 10.3 Å². The molecule has 1 aliphatic rings. The predicted molar refractivity (Wildman–Crippen MR) is 65.6 cm³/mol. The Labute approximate surface area is 102 Å². The molecule has 4 heteroatoms. The number of hydrogen-bond acceptors (Lipinski definition) is 3. The normalized spacial score (nSPS) is 20.5. The number of hydrogen-bond donors (Lipinski definition) is 1. The van der Waals surface area contributed by atoms with E-state index < -0.39 is 0 Å². The summed E-state index contributed by atoms with van der Waals surface area (Å²) in [6, 6.07) is 3.88. The molecule has 92 valence electrons. The Kier molecular flexibility index (Phi) is 3.22. The predicted octanol–water partition coefficient (Wildman–Crippen LogP) is 1.97. The van der Waals surface area contributed by atoms with Gasteiger partial charge in [-0.2, -0.15) is 0 Å². The zero-order chi connectivity index (χ0) is 12.4. The van der Waals surface area contributed by atoms with Crippen molar-refractivity contribution < 1.29 is 11.0 Å². The summed E-state index contributed by atoms with van der Waals surface area (Å²) >= 11 is 0. The summed E-state index contributed by atoms with van der Waals surface area (Å²) in [6.07, 6.45) is 2.76. The minimum atomic E-state index is -0.283. The average molecular weight is 234 g/mol. The minimum absolute atomic E-state index is 0. The van der Waals surface area contributed by atoms with Crippen LogP contribution in [0.25, 0.3) is 0 Å². The van der Waals surface area contributed by atoms with Gasteiger partial charge >= 0.3 is 0 Å². The zero-order valence-corrected chi connectivity index (χ0v) is 10.1. The van der Waals surface area contributed by atoms with Gasteiger partial charge < -0.3 is 0 Å². The maximum Gasteiger partial charge on any atom is 0.235 e. The van der Waals surface area contributed by atoms with Crippen molar-refractivity contribution in [1.29, 1.82) is 0 Å². The van der Waals surface area contributed by atoms with Gasteiger partial charge in [0.2, 0.25) is 11.8 Å². The van der Waals surface area contributed by atoms with Crippen molar-refractivity contribution in [3.8, 4) is 0 Å². The van der Waals surface area contributed by atoms with Gasteiger partial charge in [-0.1, -0.05) is 19.9 Å². The lowest BCUT2D eigenvalue weighted by Crippen LogP contribution is -2.39. The van der Waals surface area contributed by atoms with Crippen LogP contribution in [0, 0.1) is 0 Å². The average Bonchev–Trinajstić information content (AvgIpc) is 2.29. The first kappa shape index (κ1) is 11.8. The molecule has 0 saturated carbocycles. The highest BCUT2D eigenvalue weighted by Gasteiger charge is 2.28. The molecule has 1 aromatic rings. The monoisotopic (exact) mass is 234 g/mol. The SMILES string of the molecule is CC(C)c1ccc([C@H]2CCC(=O)NC2=O)nc1.[HH]. The zero-order valence-electron chi connectivity index (χ0n) is 10.1. The summed E-state index contributed by atoms with van der Waals surface area (Å²) in [5.74, 6) is -0.275. The van der Waals surface area contributed by atoms with Crippen LogP contribution in [0.1, 0.15) is 51.2 Å². The number of rotatable bonds is 2. The number of carbonyl (C=O) groups is 2. The topological polar surface area (TPSA) is 59.1 Å². The molecule has 0 aliphatic carbocycles. The number of carbonyl (C=O) groups excluding carboxylic acids is 2. The van der Waals surface area contributed by atoms with Crippen LogP contribution < -0.4 is 5.32 Å². The summed E-state index contributed by atoms with van der Waals surface area (Å²) in [6.45, 7) is 4.20. The van der Waals surface area contributed by atoms with Crippen LogP contribution in [-0.2, 0) is 9.59 Å². The first-order valence-electron chi connectivity index (χ1n) is 5.87. The second-order valence-electron chi connectivity index (χ2n) is 4.67. The van der Waals surface area contributed by atoms with Gasteiger partial charge in [0.15, 0.2) is 0 Å². The molecule has 2 rings (SSSR count). The molecule has 1 aliphatic heterocycles. The quantitative estimate of drug-likeness (QED) is 0.796. The summed E-state index contributed by atoms with van der Waals surface area (Å²) in [4.78, 5) is 27.0.